The molecule has 0 aromatic carbocycles. The van der Waals surface area contributed by atoms with Crippen molar-refractivity contribution < 1.29 is 15.0 Å². The van der Waals surface area contributed by atoms with Crippen molar-refractivity contribution in [3.8, 4) is 0 Å². The van der Waals surface area contributed by atoms with Crippen molar-refractivity contribution in [2.24, 2.45) is 5.41 Å². The minimum atomic E-state index is -1.00. The highest BCUT2D eigenvalue weighted by atomic mass is 35.5. The Morgan fingerprint density at radius 1 is 1.67 bits per heavy atom. The molecule has 2 unspecified atom stereocenters. The van der Waals surface area contributed by atoms with Crippen LogP contribution in [0.4, 0.5) is 0 Å². The van der Waals surface area contributed by atoms with Gasteiger partial charge in [0, 0.05) is 6.54 Å². The van der Waals surface area contributed by atoms with Gasteiger partial charge in [-0.05, 0) is 19.9 Å². The van der Waals surface area contributed by atoms with Crippen LogP contribution in [0.5, 0.6) is 0 Å². The van der Waals surface area contributed by atoms with Crippen LogP contribution in [0.1, 0.15) is 13.3 Å². The lowest BCUT2D eigenvalue weighted by atomic mass is 9.80. The van der Waals surface area contributed by atoms with E-state index in [1.54, 1.807) is 6.92 Å². The third kappa shape index (κ3) is 1.88. The fraction of sp³-hybridized carbons (Fsp3) is 0.857. The number of carboxylic acids is 1. The van der Waals surface area contributed by atoms with E-state index in [9.17, 15) is 9.90 Å². The number of aliphatic hydroxyl groups is 1. The Morgan fingerprint density at radius 2 is 2.25 bits per heavy atom. The van der Waals surface area contributed by atoms with Gasteiger partial charge >= 0.3 is 5.97 Å². The van der Waals surface area contributed by atoms with Crippen LogP contribution in [-0.4, -0.2) is 35.4 Å². The first-order valence-electron chi connectivity index (χ1n) is 3.69. The van der Waals surface area contributed by atoms with Crippen molar-refractivity contribution in [2.45, 2.75) is 19.4 Å². The van der Waals surface area contributed by atoms with E-state index in [1.165, 1.54) is 0 Å². The number of halogens is 1. The average molecular weight is 196 g/mol. The van der Waals surface area contributed by atoms with Gasteiger partial charge in [-0.15, -0.1) is 12.4 Å². The number of hydrogen-bond donors (Lipinski definition) is 3. The summed E-state index contributed by atoms with van der Waals surface area (Å²) in [6.45, 7) is 2.61. The molecule has 0 saturated carbocycles. The van der Waals surface area contributed by atoms with E-state index in [4.69, 9.17) is 5.11 Å². The molecular weight excluding hydrogens is 182 g/mol. The Kier molecular flexibility index (Phi) is 3.96. The number of hydrogen-bond acceptors (Lipinski definition) is 3. The number of piperidine rings is 1. The van der Waals surface area contributed by atoms with E-state index >= 15 is 0 Å². The summed E-state index contributed by atoms with van der Waals surface area (Å²) in [6.07, 6.45) is -0.204. The third-order valence-electron chi connectivity index (χ3n) is 2.31. The summed E-state index contributed by atoms with van der Waals surface area (Å²) in [4.78, 5) is 10.7. The number of rotatable bonds is 1. The van der Waals surface area contributed by atoms with Crippen molar-refractivity contribution in [2.75, 3.05) is 13.1 Å². The zero-order chi connectivity index (χ0) is 8.48. The summed E-state index contributed by atoms with van der Waals surface area (Å²) in [7, 11) is 0. The summed E-state index contributed by atoms with van der Waals surface area (Å²) >= 11 is 0. The number of nitrogens with one attached hydrogen (secondary N) is 1. The van der Waals surface area contributed by atoms with Gasteiger partial charge < -0.3 is 15.5 Å². The van der Waals surface area contributed by atoms with Crippen LogP contribution in [0.25, 0.3) is 0 Å². The zero-order valence-corrected chi connectivity index (χ0v) is 7.73. The topological polar surface area (TPSA) is 69.6 Å². The molecule has 72 valence electrons. The molecule has 12 heavy (non-hydrogen) atoms. The summed E-state index contributed by atoms with van der Waals surface area (Å²) in [5.74, 6) is -0.933. The van der Waals surface area contributed by atoms with Crippen molar-refractivity contribution in [3.63, 3.8) is 0 Å². The lowest BCUT2D eigenvalue weighted by molar-refractivity contribution is -0.156. The van der Waals surface area contributed by atoms with Gasteiger partial charge in [-0.25, -0.2) is 0 Å². The molecule has 0 spiro atoms. The highest BCUT2D eigenvalue weighted by molar-refractivity contribution is 5.85. The lowest BCUT2D eigenvalue weighted by Crippen LogP contribution is -2.52. The van der Waals surface area contributed by atoms with Crippen molar-refractivity contribution >= 4 is 18.4 Å². The van der Waals surface area contributed by atoms with Gasteiger partial charge in [0.1, 0.15) is 5.41 Å². The minimum Gasteiger partial charge on any atom is -0.481 e. The van der Waals surface area contributed by atoms with Crippen LogP contribution >= 0.6 is 12.4 Å². The molecular formula is C7H14ClNO3. The molecule has 1 saturated heterocycles. The number of aliphatic carboxylic acids is 1. The van der Waals surface area contributed by atoms with Crippen molar-refractivity contribution in [3.05, 3.63) is 0 Å². The molecule has 1 aliphatic heterocycles. The quantitative estimate of drug-likeness (QED) is 0.545. The molecule has 0 aliphatic carbocycles. The number of carboxylic acid groups (broad SMARTS) is 1. The maximum atomic E-state index is 10.7. The van der Waals surface area contributed by atoms with Gasteiger partial charge in [-0.3, -0.25) is 4.79 Å². The fourth-order valence-corrected chi connectivity index (χ4v) is 1.24. The van der Waals surface area contributed by atoms with E-state index in [2.05, 4.69) is 5.32 Å². The first-order valence-corrected chi connectivity index (χ1v) is 3.69. The molecule has 1 aliphatic rings. The van der Waals surface area contributed by atoms with Gasteiger partial charge in [0.05, 0.1) is 6.10 Å². The van der Waals surface area contributed by atoms with Gasteiger partial charge in [-0.2, -0.15) is 0 Å². The number of carbonyl (C=O) groups is 1. The first kappa shape index (κ1) is 11.7. The number of aliphatic hydroxyl groups excluding tert-OH is 1. The Bertz CT molecular complexity index is 176. The molecule has 4 nitrogen and oxygen atoms in total. The molecule has 1 heterocycles. The molecule has 5 heteroatoms. The molecule has 0 aromatic heterocycles. The summed E-state index contributed by atoms with van der Waals surface area (Å²) in [5, 5.41) is 21.1. The highest BCUT2D eigenvalue weighted by Crippen LogP contribution is 2.25. The maximum Gasteiger partial charge on any atom is 0.313 e. The van der Waals surface area contributed by atoms with Gasteiger partial charge in [0.25, 0.3) is 0 Å². The highest BCUT2D eigenvalue weighted by Gasteiger charge is 2.42. The van der Waals surface area contributed by atoms with Gasteiger partial charge in [0.2, 0.25) is 0 Å². The molecule has 0 bridgehead atoms. The van der Waals surface area contributed by atoms with Crippen LogP contribution in [0.2, 0.25) is 0 Å². The second kappa shape index (κ2) is 4.07. The summed E-state index contributed by atoms with van der Waals surface area (Å²) < 4.78 is 0. The Labute approximate surface area is 77.4 Å². The van der Waals surface area contributed by atoms with Crippen molar-refractivity contribution in [1.29, 1.82) is 0 Å². The predicted octanol–water partition coefficient (Wildman–Crippen LogP) is -0.147. The smallest absolute Gasteiger partial charge is 0.313 e. The Balaban J connectivity index is 0.00000121. The standard InChI is InChI=1S/C7H13NO3.ClH/c1-7(6(10)11)4-8-3-2-5(7)9;/h5,8-9H,2-4H2,1H3,(H,10,11);1H. The van der Waals surface area contributed by atoms with Gasteiger partial charge in [0.15, 0.2) is 0 Å². The normalized spacial score (nSPS) is 35.3. The third-order valence-corrected chi connectivity index (χ3v) is 2.31. The van der Waals surface area contributed by atoms with Crippen LogP contribution < -0.4 is 5.32 Å². The zero-order valence-electron chi connectivity index (χ0n) is 6.91. The lowest BCUT2D eigenvalue weighted by Gasteiger charge is -2.34. The Morgan fingerprint density at radius 3 is 2.58 bits per heavy atom. The van der Waals surface area contributed by atoms with Crippen LogP contribution in [0.3, 0.4) is 0 Å². The largest absolute Gasteiger partial charge is 0.481 e. The first-order chi connectivity index (χ1) is 5.07. The maximum absolute atomic E-state index is 10.7. The molecule has 3 N–H and O–H groups in total. The summed E-state index contributed by atoms with van der Waals surface area (Å²) in [5.41, 5.74) is -1.00. The van der Waals surface area contributed by atoms with Gasteiger partial charge in [-0.1, -0.05) is 0 Å². The van der Waals surface area contributed by atoms with E-state index in [-0.39, 0.29) is 12.4 Å². The molecule has 0 radical (unpaired) electrons. The van der Waals surface area contributed by atoms with Crippen LogP contribution in [-0.2, 0) is 4.79 Å². The monoisotopic (exact) mass is 195 g/mol. The van der Waals surface area contributed by atoms with Crippen LogP contribution in [0.15, 0.2) is 0 Å². The molecule has 0 aromatic rings. The molecule has 2 atom stereocenters. The minimum absolute atomic E-state index is 0. The average Bonchev–Trinajstić information content (AvgIpc) is 1.95. The molecule has 1 fully saturated rings. The molecule has 1 rings (SSSR count). The van der Waals surface area contributed by atoms with E-state index in [0.29, 0.717) is 19.5 Å². The summed E-state index contributed by atoms with van der Waals surface area (Å²) in [6, 6.07) is 0. The second-order valence-electron chi connectivity index (χ2n) is 3.20. The SMILES string of the molecule is CC1(C(=O)O)CNCCC1O.Cl. The van der Waals surface area contributed by atoms with Crippen molar-refractivity contribution in [1.82, 2.24) is 5.32 Å². The molecule has 0 amide bonds. The fourth-order valence-electron chi connectivity index (χ4n) is 1.24. The van der Waals surface area contributed by atoms with E-state index < -0.39 is 17.5 Å². The van der Waals surface area contributed by atoms with E-state index in [1.807, 2.05) is 0 Å². The second-order valence-corrected chi connectivity index (χ2v) is 3.20. The van der Waals surface area contributed by atoms with E-state index in [0.717, 1.165) is 0 Å². The van der Waals surface area contributed by atoms with Crippen LogP contribution in [0, 0.1) is 5.41 Å². The predicted molar refractivity (Wildman–Crippen MR) is 46.5 cm³/mol. The Hall–Kier alpha value is -0.320.